The molecule has 0 spiro atoms. The Kier molecular flexibility index (Phi) is 9.86. The van der Waals surface area contributed by atoms with Crippen molar-refractivity contribution < 1.29 is 23.1 Å². The van der Waals surface area contributed by atoms with E-state index in [9.17, 15) is 23.1 Å². The van der Waals surface area contributed by atoms with Crippen LogP contribution in [0.2, 0.25) is 0 Å². The average Bonchev–Trinajstić information content (AvgIpc) is 3.47. The van der Waals surface area contributed by atoms with Crippen LogP contribution in [0.1, 0.15) is 122 Å². The Balaban J connectivity index is 1.09. The minimum absolute atomic E-state index is 0.0270. The summed E-state index contributed by atoms with van der Waals surface area (Å²) >= 11 is 0. The smallest absolute Gasteiger partial charge is 0.335 e. The molecule has 9 atom stereocenters. The summed E-state index contributed by atoms with van der Waals surface area (Å²) in [5, 5.41) is 16.3. The molecule has 0 unspecified atom stereocenters. The van der Waals surface area contributed by atoms with E-state index < -0.39 is 15.8 Å². The molecule has 1 saturated heterocycles. The summed E-state index contributed by atoms with van der Waals surface area (Å²) in [6.45, 7) is 22.1. The maximum Gasteiger partial charge on any atom is 0.335 e. The Morgan fingerprint density at radius 1 is 0.906 bits per heavy atom. The van der Waals surface area contributed by atoms with Gasteiger partial charge in [-0.3, -0.25) is 0 Å². The third-order valence-corrected chi connectivity index (χ3v) is 18.4. The number of urea groups is 1. The summed E-state index contributed by atoms with van der Waals surface area (Å²) < 4.78 is 23.6. The van der Waals surface area contributed by atoms with Crippen molar-refractivity contribution in [3.8, 4) is 0 Å². The van der Waals surface area contributed by atoms with Crippen molar-refractivity contribution >= 4 is 27.4 Å². The molecule has 8 nitrogen and oxygen atoms in total. The van der Waals surface area contributed by atoms with Crippen LogP contribution in [0, 0.1) is 51.2 Å². The number of carboxylic acid groups (broad SMARTS) is 1. The van der Waals surface area contributed by atoms with Crippen molar-refractivity contribution in [3.63, 3.8) is 0 Å². The van der Waals surface area contributed by atoms with E-state index in [1.165, 1.54) is 36.8 Å². The van der Waals surface area contributed by atoms with E-state index in [0.717, 1.165) is 50.6 Å². The summed E-state index contributed by atoms with van der Waals surface area (Å²) in [6, 6.07) is 7.46. The lowest BCUT2D eigenvalue weighted by Crippen LogP contribution is -2.68. The molecule has 292 valence electrons. The third-order valence-electron chi connectivity index (χ3n) is 16.8. The molecule has 0 bridgehead atoms. The number of benzene rings is 1. The van der Waals surface area contributed by atoms with E-state index >= 15 is 0 Å². The highest BCUT2D eigenvalue weighted by atomic mass is 32.2. The van der Waals surface area contributed by atoms with Gasteiger partial charge in [0.2, 0.25) is 0 Å². The summed E-state index contributed by atoms with van der Waals surface area (Å²) in [5.74, 6) is 2.04. The van der Waals surface area contributed by atoms with Crippen molar-refractivity contribution in [2.75, 3.05) is 37.7 Å². The number of allylic oxidation sites excluding steroid dienone is 3. The maximum absolute atomic E-state index is 13.7. The van der Waals surface area contributed by atoms with Gasteiger partial charge in [-0.1, -0.05) is 65.0 Å². The van der Waals surface area contributed by atoms with Gasteiger partial charge >= 0.3 is 12.0 Å². The minimum Gasteiger partial charge on any atom is -0.478 e. The van der Waals surface area contributed by atoms with Gasteiger partial charge in [0.1, 0.15) is 0 Å². The van der Waals surface area contributed by atoms with Crippen LogP contribution in [0.15, 0.2) is 42.5 Å². The van der Waals surface area contributed by atoms with Crippen LogP contribution in [-0.2, 0) is 9.84 Å². The van der Waals surface area contributed by atoms with Crippen molar-refractivity contribution in [1.82, 2.24) is 15.5 Å². The lowest BCUT2D eigenvalue weighted by atomic mass is 9.33. The Labute approximate surface area is 318 Å². The van der Waals surface area contributed by atoms with Crippen LogP contribution in [0.4, 0.5) is 4.79 Å². The fourth-order valence-corrected chi connectivity index (χ4v) is 15.3. The van der Waals surface area contributed by atoms with Crippen LogP contribution < -0.4 is 10.6 Å². The predicted octanol–water partition coefficient (Wildman–Crippen LogP) is 8.21. The molecule has 5 aliphatic carbocycles. The lowest BCUT2D eigenvalue weighted by Gasteiger charge is -2.72. The molecule has 1 aliphatic heterocycles. The van der Waals surface area contributed by atoms with Crippen molar-refractivity contribution in [3.05, 3.63) is 53.6 Å². The quantitative estimate of drug-likeness (QED) is 0.183. The molecule has 53 heavy (non-hydrogen) atoms. The van der Waals surface area contributed by atoms with Gasteiger partial charge in [-0.25, -0.2) is 18.0 Å². The highest BCUT2D eigenvalue weighted by Gasteiger charge is 2.70. The van der Waals surface area contributed by atoms with Crippen LogP contribution in [0.5, 0.6) is 0 Å². The van der Waals surface area contributed by atoms with Crippen LogP contribution in [0.25, 0.3) is 5.57 Å². The lowest BCUT2D eigenvalue weighted by molar-refractivity contribution is -0.218. The van der Waals surface area contributed by atoms with E-state index in [2.05, 4.69) is 69.7 Å². The molecular formula is C44H65N3O5S. The fraction of sp³-hybridized carbons (Fsp3) is 0.727. The van der Waals surface area contributed by atoms with Crippen LogP contribution >= 0.6 is 0 Å². The number of aromatic carboxylic acids is 1. The van der Waals surface area contributed by atoms with Gasteiger partial charge in [0.25, 0.3) is 0 Å². The van der Waals surface area contributed by atoms with E-state index in [4.69, 9.17) is 0 Å². The molecule has 1 aromatic rings. The zero-order valence-electron chi connectivity index (χ0n) is 33.2. The Morgan fingerprint density at radius 3 is 2.26 bits per heavy atom. The molecule has 1 aromatic carbocycles. The molecule has 0 radical (unpaired) electrons. The normalized spacial score (nSPS) is 40.0. The number of sulfone groups is 1. The van der Waals surface area contributed by atoms with Crippen molar-refractivity contribution in [1.29, 1.82) is 0 Å². The fourth-order valence-electron chi connectivity index (χ4n) is 14.0. The monoisotopic (exact) mass is 747 g/mol. The number of hydrogen-bond donors (Lipinski definition) is 3. The molecule has 6 aliphatic rings. The highest BCUT2D eigenvalue weighted by Crippen LogP contribution is 2.76. The van der Waals surface area contributed by atoms with E-state index in [1.54, 1.807) is 12.1 Å². The average molecular weight is 748 g/mol. The number of hydrogen-bond acceptors (Lipinski definition) is 5. The number of amides is 2. The van der Waals surface area contributed by atoms with Crippen molar-refractivity contribution in [2.45, 2.75) is 111 Å². The molecule has 5 fully saturated rings. The van der Waals surface area contributed by atoms with Crippen LogP contribution in [-0.4, -0.2) is 73.6 Å². The van der Waals surface area contributed by atoms with Gasteiger partial charge in [0.15, 0.2) is 9.84 Å². The SMILES string of the molecule is C=C(C)[C@@H]1CC[C@]2(NC(=O)NCCCN3CCS(=O)(=O)CC3)CC[C@]3(C)[C@H](CC[C@@H]4[C@@]5(C)CC=C(c6ccc(C(=O)O)cc6)C(C)(C)[C@@H]5CC[C@]43C)[C@@H]12. The number of carbonyl (C=O) groups is 2. The first-order valence-electron chi connectivity index (χ1n) is 20.6. The third kappa shape index (κ3) is 6.32. The van der Waals surface area contributed by atoms with Gasteiger partial charge in [-0.15, -0.1) is 0 Å². The Morgan fingerprint density at radius 2 is 1.60 bits per heavy atom. The molecule has 1 heterocycles. The number of carbonyl (C=O) groups excluding carboxylic acids is 1. The molecule has 7 rings (SSSR count). The molecular weight excluding hydrogens is 683 g/mol. The number of rotatable bonds is 8. The molecule has 9 heteroatoms. The molecule has 2 amide bonds. The van der Waals surface area contributed by atoms with Crippen LogP contribution in [0.3, 0.4) is 0 Å². The largest absolute Gasteiger partial charge is 0.478 e. The first kappa shape index (κ1) is 38.6. The molecule has 0 aromatic heterocycles. The van der Waals surface area contributed by atoms with Gasteiger partial charge in [-0.05, 0) is 152 Å². The standard InChI is InChI=1S/C44H65N3O5S/c1-29(2)32-15-20-44(46-39(50)45-23-8-24-47-25-27-53(51,52)28-26-47)22-21-42(6)34(37(32)44)13-14-36-41(5)18-16-33(30-9-11-31(12-10-30)38(48)49)40(3,4)35(41)17-19-43(36,42)7/h9-12,16,32,34-37H,1,8,13-15,17-28H2,2-7H3,(H,48,49)(H2,45,46,50)/t32-,34+,35-,36+,37+,41-,42+,43+,44-/m0/s1. The van der Waals surface area contributed by atoms with Gasteiger partial charge in [0, 0.05) is 25.2 Å². The maximum atomic E-state index is 13.7. The number of nitrogens with one attached hydrogen (secondary N) is 2. The van der Waals surface area contributed by atoms with Gasteiger partial charge < -0.3 is 20.6 Å². The second kappa shape index (κ2) is 13.5. The predicted molar refractivity (Wildman–Crippen MR) is 212 cm³/mol. The molecule has 3 N–H and O–H groups in total. The number of nitrogens with zero attached hydrogens (tertiary/aromatic N) is 1. The second-order valence-electron chi connectivity index (χ2n) is 19.5. The molecule has 4 saturated carbocycles. The van der Waals surface area contributed by atoms with Crippen molar-refractivity contribution in [2.24, 2.45) is 51.2 Å². The number of carboxylic acids is 1. The Hall–Kier alpha value is -2.65. The summed E-state index contributed by atoms with van der Waals surface area (Å²) in [5.41, 5.74) is 4.40. The van der Waals surface area contributed by atoms with E-state index in [0.29, 0.717) is 54.8 Å². The summed E-state index contributed by atoms with van der Waals surface area (Å²) in [6.07, 6.45) is 13.4. The second-order valence-corrected chi connectivity index (χ2v) is 21.8. The van der Waals surface area contributed by atoms with E-state index in [1.807, 2.05) is 12.1 Å². The minimum atomic E-state index is -2.89. The topological polar surface area (TPSA) is 116 Å². The zero-order valence-corrected chi connectivity index (χ0v) is 34.0. The van der Waals surface area contributed by atoms with Gasteiger partial charge in [0.05, 0.1) is 17.1 Å². The summed E-state index contributed by atoms with van der Waals surface area (Å²) in [4.78, 5) is 27.4. The highest BCUT2D eigenvalue weighted by molar-refractivity contribution is 7.91. The van der Waals surface area contributed by atoms with Gasteiger partial charge in [-0.2, -0.15) is 0 Å². The summed E-state index contributed by atoms with van der Waals surface area (Å²) in [7, 11) is -2.89. The first-order chi connectivity index (χ1) is 24.9. The number of fused-ring (bicyclic) bond motifs is 7. The Bertz CT molecular complexity index is 1760. The zero-order chi connectivity index (χ0) is 38.2. The van der Waals surface area contributed by atoms with E-state index in [-0.39, 0.29) is 44.7 Å². The first-order valence-corrected chi connectivity index (χ1v) is 22.4.